The van der Waals surface area contributed by atoms with Crippen molar-refractivity contribution in [2.75, 3.05) is 0 Å². The molecule has 18 heavy (non-hydrogen) atoms. The number of aromatic nitrogens is 1. The van der Waals surface area contributed by atoms with E-state index in [1.807, 2.05) is 43.3 Å². The number of benzene rings is 1. The molecule has 0 bridgehead atoms. The number of allylic oxidation sites excluding steroid dienone is 1. The number of hydrogen-bond donors (Lipinski definition) is 1. The first-order chi connectivity index (χ1) is 8.72. The number of hydrogen-bond acceptors (Lipinski definition) is 2. The van der Waals surface area contributed by atoms with Crippen molar-refractivity contribution in [3.63, 3.8) is 0 Å². The van der Waals surface area contributed by atoms with E-state index in [2.05, 4.69) is 11.6 Å². The van der Waals surface area contributed by atoms with Crippen LogP contribution in [0.5, 0.6) is 0 Å². The molecule has 2 aromatic rings. The third-order valence-corrected chi connectivity index (χ3v) is 3.12. The molecule has 0 amide bonds. The van der Waals surface area contributed by atoms with E-state index in [0.29, 0.717) is 0 Å². The average molecular weight is 241 g/mol. The first kappa shape index (κ1) is 12.8. The van der Waals surface area contributed by atoms with Crippen LogP contribution in [0.4, 0.5) is 0 Å². The third kappa shape index (κ3) is 2.77. The molecule has 1 unspecified atom stereocenters. The van der Waals surface area contributed by atoms with Crippen molar-refractivity contribution in [1.29, 1.82) is 0 Å². The van der Waals surface area contributed by atoms with Crippen LogP contribution in [0, 0.1) is 6.92 Å². The van der Waals surface area contributed by atoms with Gasteiger partial charge in [0.1, 0.15) is 0 Å². The van der Waals surface area contributed by atoms with E-state index in [9.17, 15) is 5.11 Å². The largest absolute Gasteiger partial charge is 0.388 e. The lowest BCUT2D eigenvalue weighted by atomic mass is 9.99. The predicted molar refractivity (Wildman–Crippen MR) is 75.5 cm³/mol. The van der Waals surface area contributed by atoms with Gasteiger partial charge in [0, 0.05) is 11.1 Å². The van der Waals surface area contributed by atoms with Crippen molar-refractivity contribution in [1.82, 2.24) is 4.98 Å². The van der Waals surface area contributed by atoms with E-state index < -0.39 is 6.10 Å². The van der Waals surface area contributed by atoms with Gasteiger partial charge in [0.2, 0.25) is 0 Å². The van der Waals surface area contributed by atoms with Crippen molar-refractivity contribution in [2.24, 2.45) is 0 Å². The van der Waals surface area contributed by atoms with E-state index in [-0.39, 0.29) is 0 Å². The van der Waals surface area contributed by atoms with Gasteiger partial charge in [-0.3, -0.25) is 4.98 Å². The van der Waals surface area contributed by atoms with Gasteiger partial charge >= 0.3 is 0 Å². The van der Waals surface area contributed by atoms with Crippen LogP contribution in [-0.2, 0) is 0 Å². The zero-order valence-electron chi connectivity index (χ0n) is 10.8. The monoisotopic (exact) mass is 241 g/mol. The zero-order valence-corrected chi connectivity index (χ0v) is 10.8. The van der Waals surface area contributed by atoms with Crippen LogP contribution >= 0.6 is 0 Å². The van der Waals surface area contributed by atoms with Gasteiger partial charge in [-0.1, -0.05) is 24.3 Å². The van der Waals surface area contributed by atoms with E-state index >= 15 is 0 Å². The van der Waals surface area contributed by atoms with Crippen molar-refractivity contribution in [2.45, 2.75) is 32.3 Å². The number of nitrogens with zero attached hydrogens (tertiary/aromatic N) is 1. The number of pyridine rings is 1. The lowest BCUT2D eigenvalue weighted by molar-refractivity contribution is 0.166. The Labute approximate surface area is 108 Å². The molecule has 0 saturated heterocycles. The minimum atomic E-state index is -0.420. The Morgan fingerprint density at radius 1 is 1.39 bits per heavy atom. The fourth-order valence-electron chi connectivity index (χ4n) is 2.23. The van der Waals surface area contributed by atoms with Gasteiger partial charge in [-0.15, -0.1) is 6.58 Å². The molecule has 0 spiro atoms. The molecule has 1 N–H and O–H groups in total. The Hall–Kier alpha value is -1.67. The molecule has 2 heteroatoms. The standard InChI is InChI=1S/C16H19NO/c1-3-4-5-10-16(18)14-11-12(2)17-15-9-7-6-8-13(14)15/h3,6-9,11,16,18H,1,4-5,10H2,2H3. The maximum absolute atomic E-state index is 10.3. The molecule has 1 aromatic carbocycles. The van der Waals surface area contributed by atoms with E-state index in [1.165, 1.54) is 0 Å². The zero-order chi connectivity index (χ0) is 13.0. The summed E-state index contributed by atoms with van der Waals surface area (Å²) in [4.78, 5) is 4.49. The molecule has 2 nitrogen and oxygen atoms in total. The number of aryl methyl sites for hydroxylation is 1. The topological polar surface area (TPSA) is 33.1 Å². The molecular weight excluding hydrogens is 222 g/mol. The molecule has 0 saturated carbocycles. The van der Waals surface area contributed by atoms with Gasteiger partial charge in [0.05, 0.1) is 11.6 Å². The summed E-state index contributed by atoms with van der Waals surface area (Å²) in [6.45, 7) is 5.67. The minimum absolute atomic E-state index is 0.420. The van der Waals surface area contributed by atoms with Crippen molar-refractivity contribution < 1.29 is 5.11 Å². The number of para-hydroxylation sites is 1. The molecule has 2 rings (SSSR count). The number of fused-ring (bicyclic) bond motifs is 1. The second-order valence-corrected chi connectivity index (χ2v) is 4.61. The van der Waals surface area contributed by atoms with Crippen LogP contribution in [0.2, 0.25) is 0 Å². The summed E-state index contributed by atoms with van der Waals surface area (Å²) in [5.41, 5.74) is 2.89. The molecule has 0 aliphatic rings. The lowest BCUT2D eigenvalue weighted by Crippen LogP contribution is -2.00. The molecule has 0 aliphatic heterocycles. The first-order valence-electron chi connectivity index (χ1n) is 6.37. The molecule has 1 aromatic heterocycles. The highest BCUT2D eigenvalue weighted by molar-refractivity contribution is 5.82. The van der Waals surface area contributed by atoms with Crippen LogP contribution in [0.15, 0.2) is 43.0 Å². The van der Waals surface area contributed by atoms with Crippen molar-refractivity contribution in [3.8, 4) is 0 Å². The molecule has 0 fully saturated rings. The summed E-state index contributed by atoms with van der Waals surface area (Å²) in [7, 11) is 0. The molecular formula is C16H19NO. The Bertz CT molecular complexity index is 548. The maximum atomic E-state index is 10.3. The molecule has 94 valence electrons. The first-order valence-corrected chi connectivity index (χ1v) is 6.37. The molecule has 0 radical (unpaired) electrons. The summed E-state index contributed by atoms with van der Waals surface area (Å²) in [5, 5.41) is 11.4. The number of aliphatic hydroxyl groups excluding tert-OH is 1. The number of rotatable bonds is 5. The smallest absolute Gasteiger partial charge is 0.0797 e. The van der Waals surface area contributed by atoms with Gasteiger partial charge in [0.15, 0.2) is 0 Å². The Kier molecular flexibility index (Phi) is 4.11. The van der Waals surface area contributed by atoms with Gasteiger partial charge in [-0.05, 0) is 43.9 Å². The SMILES string of the molecule is C=CCCCC(O)c1cc(C)nc2ccccc12. The van der Waals surface area contributed by atoms with E-state index in [1.54, 1.807) is 0 Å². The van der Waals surface area contributed by atoms with Gasteiger partial charge in [-0.2, -0.15) is 0 Å². The number of aliphatic hydroxyl groups is 1. The second kappa shape index (κ2) is 5.78. The van der Waals surface area contributed by atoms with Gasteiger partial charge in [-0.25, -0.2) is 0 Å². The Morgan fingerprint density at radius 3 is 2.94 bits per heavy atom. The van der Waals surface area contributed by atoms with Crippen LogP contribution in [0.3, 0.4) is 0 Å². The summed E-state index contributed by atoms with van der Waals surface area (Å²) in [6, 6.07) is 9.96. The summed E-state index contributed by atoms with van der Waals surface area (Å²) in [6.07, 6.45) is 4.14. The second-order valence-electron chi connectivity index (χ2n) is 4.61. The summed E-state index contributed by atoms with van der Waals surface area (Å²) >= 11 is 0. The predicted octanol–water partition coefficient (Wildman–Crippen LogP) is 3.93. The highest BCUT2D eigenvalue weighted by Gasteiger charge is 2.12. The number of unbranched alkanes of at least 4 members (excludes halogenated alkanes) is 1. The summed E-state index contributed by atoms with van der Waals surface area (Å²) < 4.78 is 0. The van der Waals surface area contributed by atoms with Crippen LogP contribution in [-0.4, -0.2) is 10.1 Å². The van der Waals surface area contributed by atoms with Crippen molar-refractivity contribution >= 4 is 10.9 Å². The molecule has 0 aliphatic carbocycles. The lowest BCUT2D eigenvalue weighted by Gasteiger charge is -2.14. The Balaban J connectivity index is 2.33. The van der Waals surface area contributed by atoms with E-state index in [4.69, 9.17) is 0 Å². The highest BCUT2D eigenvalue weighted by Crippen LogP contribution is 2.27. The van der Waals surface area contributed by atoms with Crippen LogP contribution in [0.25, 0.3) is 10.9 Å². The average Bonchev–Trinajstić information content (AvgIpc) is 2.38. The van der Waals surface area contributed by atoms with Gasteiger partial charge < -0.3 is 5.11 Å². The maximum Gasteiger partial charge on any atom is 0.0797 e. The fourth-order valence-corrected chi connectivity index (χ4v) is 2.23. The highest BCUT2D eigenvalue weighted by atomic mass is 16.3. The quantitative estimate of drug-likeness (QED) is 0.635. The Morgan fingerprint density at radius 2 is 2.17 bits per heavy atom. The normalized spacial score (nSPS) is 12.6. The van der Waals surface area contributed by atoms with Crippen molar-refractivity contribution in [3.05, 3.63) is 54.2 Å². The fraction of sp³-hybridized carbons (Fsp3) is 0.312. The molecule has 1 heterocycles. The van der Waals surface area contributed by atoms with Crippen LogP contribution in [0.1, 0.15) is 36.6 Å². The third-order valence-electron chi connectivity index (χ3n) is 3.12. The van der Waals surface area contributed by atoms with E-state index in [0.717, 1.165) is 41.4 Å². The summed E-state index contributed by atoms with van der Waals surface area (Å²) in [5.74, 6) is 0. The molecule has 1 atom stereocenters. The minimum Gasteiger partial charge on any atom is -0.388 e. The van der Waals surface area contributed by atoms with Gasteiger partial charge in [0.25, 0.3) is 0 Å². The van der Waals surface area contributed by atoms with Crippen LogP contribution < -0.4 is 0 Å².